The van der Waals surface area contributed by atoms with Gasteiger partial charge in [0, 0.05) is 0 Å². The molecule has 0 aromatic carbocycles. The molecule has 1 unspecified atom stereocenters. The second kappa shape index (κ2) is 6.02. The smallest absolute Gasteiger partial charge is 0.0895 e. The first-order valence-electron chi connectivity index (χ1n) is 3.55. The summed E-state index contributed by atoms with van der Waals surface area (Å²) in [5.41, 5.74) is 0. The summed E-state index contributed by atoms with van der Waals surface area (Å²) in [6, 6.07) is 0. The van der Waals surface area contributed by atoms with Crippen molar-refractivity contribution in [1.82, 2.24) is 0 Å². The van der Waals surface area contributed by atoms with Gasteiger partial charge in [-0.15, -0.1) is 0 Å². The molecule has 0 spiro atoms. The highest BCUT2D eigenvalue weighted by Gasteiger charge is 2.00. The minimum atomic E-state index is -0.305. The number of aliphatic hydroxyl groups excluding tert-OH is 1. The van der Waals surface area contributed by atoms with Gasteiger partial charge in [0.1, 0.15) is 0 Å². The molecule has 9 heavy (non-hydrogen) atoms. The molecule has 1 atom stereocenters. The van der Waals surface area contributed by atoms with E-state index in [0.29, 0.717) is 12.8 Å². The second-order valence-corrected chi connectivity index (χ2v) is 2.27. The summed E-state index contributed by atoms with van der Waals surface area (Å²) in [4.78, 5) is 0. The van der Waals surface area contributed by atoms with E-state index in [-0.39, 0.29) is 12.8 Å². The van der Waals surface area contributed by atoms with Crippen LogP contribution >= 0.6 is 0 Å². The molecule has 0 bridgehead atoms. The Balaban J connectivity index is 2.95. The van der Waals surface area contributed by atoms with Crippen LogP contribution in [0.4, 0.5) is 4.39 Å². The molecule has 0 aliphatic heterocycles. The van der Waals surface area contributed by atoms with Crippen molar-refractivity contribution in [3.63, 3.8) is 0 Å². The Morgan fingerprint density at radius 2 is 2.11 bits per heavy atom. The van der Waals surface area contributed by atoms with Gasteiger partial charge < -0.3 is 5.11 Å². The quantitative estimate of drug-likeness (QED) is 0.608. The minimum Gasteiger partial charge on any atom is -0.393 e. The lowest BCUT2D eigenvalue weighted by Gasteiger charge is -2.05. The number of halogens is 1. The number of aliphatic hydroxyl groups is 1. The van der Waals surface area contributed by atoms with Crippen LogP contribution < -0.4 is 0 Å². The van der Waals surface area contributed by atoms with Crippen LogP contribution in [0.3, 0.4) is 0 Å². The summed E-state index contributed by atoms with van der Waals surface area (Å²) in [6.45, 7) is 1.71. The minimum absolute atomic E-state index is 0.272. The number of alkyl halides is 1. The summed E-state index contributed by atoms with van der Waals surface area (Å²) >= 11 is 0. The second-order valence-electron chi connectivity index (χ2n) is 2.27. The zero-order valence-electron chi connectivity index (χ0n) is 5.94. The SMILES string of the molecule is CCCC(O)CCCF. The van der Waals surface area contributed by atoms with E-state index in [9.17, 15) is 4.39 Å². The third kappa shape index (κ3) is 5.77. The molecule has 0 saturated heterocycles. The summed E-state index contributed by atoms with van der Waals surface area (Å²) in [6.07, 6.45) is 2.63. The van der Waals surface area contributed by atoms with E-state index in [0.717, 1.165) is 12.8 Å². The van der Waals surface area contributed by atoms with Crippen LogP contribution in [0.1, 0.15) is 32.6 Å². The Kier molecular flexibility index (Phi) is 5.94. The Morgan fingerprint density at radius 1 is 1.44 bits per heavy atom. The molecular weight excluding hydrogens is 119 g/mol. The first kappa shape index (κ1) is 8.89. The summed E-state index contributed by atoms with van der Waals surface area (Å²) in [5.74, 6) is 0. The topological polar surface area (TPSA) is 20.2 Å². The first-order chi connectivity index (χ1) is 4.31. The number of hydrogen-bond acceptors (Lipinski definition) is 1. The predicted molar refractivity (Wildman–Crippen MR) is 36.1 cm³/mol. The molecule has 0 rings (SSSR count). The van der Waals surface area contributed by atoms with Gasteiger partial charge in [0.25, 0.3) is 0 Å². The Bertz CT molecular complexity index is 56.9. The van der Waals surface area contributed by atoms with Crippen molar-refractivity contribution in [2.45, 2.75) is 38.7 Å². The van der Waals surface area contributed by atoms with Gasteiger partial charge in [-0.25, -0.2) is 0 Å². The standard InChI is InChI=1S/C7H15FO/c1-2-4-7(9)5-3-6-8/h7,9H,2-6H2,1H3. The molecule has 0 heterocycles. The van der Waals surface area contributed by atoms with E-state index in [1.165, 1.54) is 0 Å². The van der Waals surface area contributed by atoms with Crippen LogP contribution in [0, 0.1) is 0 Å². The average Bonchev–Trinajstić information content (AvgIpc) is 1.85. The van der Waals surface area contributed by atoms with Gasteiger partial charge in [-0.3, -0.25) is 4.39 Å². The monoisotopic (exact) mass is 134 g/mol. The summed E-state index contributed by atoms with van der Waals surface area (Å²) < 4.78 is 11.5. The Labute approximate surface area is 55.9 Å². The summed E-state index contributed by atoms with van der Waals surface area (Å²) in [7, 11) is 0. The predicted octanol–water partition coefficient (Wildman–Crippen LogP) is 1.90. The molecule has 0 aromatic heterocycles. The van der Waals surface area contributed by atoms with Crippen molar-refractivity contribution in [2.24, 2.45) is 0 Å². The van der Waals surface area contributed by atoms with E-state index in [4.69, 9.17) is 5.11 Å². The third-order valence-corrected chi connectivity index (χ3v) is 1.29. The van der Waals surface area contributed by atoms with Crippen LogP contribution in [-0.4, -0.2) is 17.9 Å². The van der Waals surface area contributed by atoms with E-state index in [1.807, 2.05) is 6.92 Å². The molecule has 0 aromatic rings. The third-order valence-electron chi connectivity index (χ3n) is 1.29. The highest BCUT2D eigenvalue weighted by Crippen LogP contribution is 2.03. The van der Waals surface area contributed by atoms with Gasteiger partial charge in [0.15, 0.2) is 0 Å². The summed E-state index contributed by atoms with van der Waals surface area (Å²) in [5, 5.41) is 9.01. The van der Waals surface area contributed by atoms with Crippen molar-refractivity contribution in [3.8, 4) is 0 Å². The van der Waals surface area contributed by atoms with Gasteiger partial charge in [-0.05, 0) is 19.3 Å². The van der Waals surface area contributed by atoms with Crippen LogP contribution in [0.5, 0.6) is 0 Å². The molecular formula is C7H15FO. The molecule has 0 aliphatic rings. The molecule has 0 saturated carbocycles. The largest absolute Gasteiger partial charge is 0.393 e. The van der Waals surface area contributed by atoms with Crippen molar-refractivity contribution in [1.29, 1.82) is 0 Å². The zero-order valence-corrected chi connectivity index (χ0v) is 5.94. The highest BCUT2D eigenvalue weighted by molar-refractivity contribution is 4.53. The molecule has 1 nitrogen and oxygen atoms in total. The fourth-order valence-electron chi connectivity index (χ4n) is 0.790. The average molecular weight is 134 g/mol. The Morgan fingerprint density at radius 3 is 2.56 bits per heavy atom. The molecule has 0 amide bonds. The highest BCUT2D eigenvalue weighted by atomic mass is 19.1. The molecule has 1 N–H and O–H groups in total. The van der Waals surface area contributed by atoms with Gasteiger partial charge in [-0.1, -0.05) is 13.3 Å². The fraction of sp³-hybridized carbons (Fsp3) is 1.00. The van der Waals surface area contributed by atoms with Crippen molar-refractivity contribution in [2.75, 3.05) is 6.67 Å². The maximum atomic E-state index is 11.5. The van der Waals surface area contributed by atoms with Crippen LogP contribution in [-0.2, 0) is 0 Å². The van der Waals surface area contributed by atoms with E-state index in [1.54, 1.807) is 0 Å². The van der Waals surface area contributed by atoms with Gasteiger partial charge in [0.05, 0.1) is 12.8 Å². The molecule has 0 aliphatic carbocycles. The maximum Gasteiger partial charge on any atom is 0.0895 e. The van der Waals surface area contributed by atoms with Crippen molar-refractivity contribution < 1.29 is 9.50 Å². The molecule has 0 fully saturated rings. The molecule has 56 valence electrons. The van der Waals surface area contributed by atoms with E-state index in [2.05, 4.69) is 0 Å². The molecule has 0 radical (unpaired) electrons. The van der Waals surface area contributed by atoms with Crippen molar-refractivity contribution >= 4 is 0 Å². The van der Waals surface area contributed by atoms with Crippen LogP contribution in [0.2, 0.25) is 0 Å². The maximum absolute atomic E-state index is 11.5. The van der Waals surface area contributed by atoms with Crippen LogP contribution in [0.25, 0.3) is 0 Å². The van der Waals surface area contributed by atoms with E-state index >= 15 is 0 Å². The molecule has 2 heteroatoms. The lowest BCUT2D eigenvalue weighted by Crippen LogP contribution is -2.05. The van der Waals surface area contributed by atoms with Gasteiger partial charge >= 0.3 is 0 Å². The van der Waals surface area contributed by atoms with E-state index < -0.39 is 0 Å². The number of rotatable bonds is 5. The zero-order chi connectivity index (χ0) is 7.11. The van der Waals surface area contributed by atoms with Crippen LogP contribution in [0.15, 0.2) is 0 Å². The fourth-order valence-corrected chi connectivity index (χ4v) is 0.790. The lowest BCUT2D eigenvalue weighted by atomic mass is 10.1. The Hall–Kier alpha value is -0.110. The van der Waals surface area contributed by atoms with Crippen molar-refractivity contribution in [3.05, 3.63) is 0 Å². The lowest BCUT2D eigenvalue weighted by molar-refractivity contribution is 0.147. The van der Waals surface area contributed by atoms with Gasteiger partial charge in [0.2, 0.25) is 0 Å². The first-order valence-corrected chi connectivity index (χ1v) is 3.55. The normalized spacial score (nSPS) is 13.7. The van der Waals surface area contributed by atoms with Gasteiger partial charge in [-0.2, -0.15) is 0 Å². The number of hydrogen-bond donors (Lipinski definition) is 1.